The number of hydrogen-bond acceptors (Lipinski definition) is 2. The first-order chi connectivity index (χ1) is 8.15. The monoisotopic (exact) mass is 229 g/mol. The quantitative estimate of drug-likeness (QED) is 0.873. The molecule has 2 aromatic rings. The summed E-state index contributed by atoms with van der Waals surface area (Å²) < 4.78 is 1.83. The van der Waals surface area contributed by atoms with Crippen LogP contribution in [0.15, 0.2) is 36.7 Å². The molecule has 1 aromatic carbocycles. The van der Waals surface area contributed by atoms with Gasteiger partial charge in [-0.05, 0) is 19.4 Å². The second-order valence-corrected chi connectivity index (χ2v) is 4.54. The minimum absolute atomic E-state index is 0.357. The van der Waals surface area contributed by atoms with Gasteiger partial charge in [-0.3, -0.25) is 4.68 Å². The molecule has 0 amide bonds. The fourth-order valence-electron chi connectivity index (χ4n) is 1.81. The van der Waals surface area contributed by atoms with Gasteiger partial charge in [0.15, 0.2) is 0 Å². The molecule has 0 aliphatic carbocycles. The fourth-order valence-corrected chi connectivity index (χ4v) is 1.81. The van der Waals surface area contributed by atoms with Crippen LogP contribution in [-0.4, -0.2) is 9.78 Å². The molecule has 0 aliphatic heterocycles. The molecule has 0 aliphatic rings. The lowest BCUT2D eigenvalue weighted by atomic mass is 10.1. The molecule has 0 fully saturated rings. The van der Waals surface area contributed by atoms with Crippen molar-refractivity contribution in [1.29, 1.82) is 0 Å². The Hall–Kier alpha value is -1.61. The van der Waals surface area contributed by atoms with E-state index >= 15 is 0 Å². The maximum absolute atomic E-state index is 4.16. The summed E-state index contributed by atoms with van der Waals surface area (Å²) in [6.07, 6.45) is 3.93. The number of benzene rings is 1. The summed E-state index contributed by atoms with van der Waals surface area (Å²) >= 11 is 0. The fraction of sp³-hybridized carbons (Fsp3) is 0.357. The second kappa shape index (κ2) is 5.15. The summed E-state index contributed by atoms with van der Waals surface area (Å²) in [5.41, 5.74) is 3.83. The van der Waals surface area contributed by atoms with Gasteiger partial charge in [0.1, 0.15) is 0 Å². The van der Waals surface area contributed by atoms with E-state index in [1.807, 2.05) is 24.1 Å². The average molecular weight is 229 g/mol. The SMILES string of the molecule is Cc1ccc([C@H](C)NCc2cnn(C)c2)cc1. The molecule has 3 nitrogen and oxygen atoms in total. The van der Waals surface area contributed by atoms with E-state index in [0.29, 0.717) is 6.04 Å². The van der Waals surface area contributed by atoms with Crippen LogP contribution in [0.3, 0.4) is 0 Å². The zero-order valence-corrected chi connectivity index (χ0v) is 10.6. The number of nitrogens with one attached hydrogen (secondary N) is 1. The van der Waals surface area contributed by atoms with Gasteiger partial charge >= 0.3 is 0 Å². The molecule has 1 atom stereocenters. The largest absolute Gasteiger partial charge is 0.306 e. The van der Waals surface area contributed by atoms with Gasteiger partial charge in [0.25, 0.3) is 0 Å². The van der Waals surface area contributed by atoms with Crippen molar-refractivity contribution in [3.8, 4) is 0 Å². The molecule has 1 N–H and O–H groups in total. The van der Waals surface area contributed by atoms with E-state index in [4.69, 9.17) is 0 Å². The predicted molar refractivity (Wildman–Crippen MR) is 69.6 cm³/mol. The second-order valence-electron chi connectivity index (χ2n) is 4.54. The summed E-state index contributed by atoms with van der Waals surface area (Å²) in [5, 5.41) is 7.65. The molecule has 1 aromatic heterocycles. The molecule has 0 unspecified atom stereocenters. The molecule has 0 spiro atoms. The van der Waals surface area contributed by atoms with E-state index in [2.05, 4.69) is 48.5 Å². The summed E-state index contributed by atoms with van der Waals surface area (Å²) in [5.74, 6) is 0. The molecule has 1 heterocycles. The molecular formula is C14H19N3. The molecule has 17 heavy (non-hydrogen) atoms. The molecule has 90 valence electrons. The third-order valence-electron chi connectivity index (χ3n) is 2.95. The van der Waals surface area contributed by atoms with Crippen LogP contribution in [0.1, 0.15) is 29.7 Å². The third-order valence-corrected chi connectivity index (χ3v) is 2.95. The van der Waals surface area contributed by atoms with Gasteiger partial charge in [0, 0.05) is 31.4 Å². The highest BCUT2D eigenvalue weighted by Crippen LogP contribution is 2.13. The first-order valence-corrected chi connectivity index (χ1v) is 5.92. The van der Waals surface area contributed by atoms with Crippen LogP contribution in [0.2, 0.25) is 0 Å². The molecule has 0 saturated carbocycles. The minimum Gasteiger partial charge on any atom is -0.306 e. The van der Waals surface area contributed by atoms with Gasteiger partial charge in [-0.1, -0.05) is 29.8 Å². The molecule has 3 heteroatoms. The first-order valence-electron chi connectivity index (χ1n) is 5.92. The van der Waals surface area contributed by atoms with Crippen LogP contribution in [0, 0.1) is 6.92 Å². The van der Waals surface area contributed by atoms with Crippen LogP contribution in [0.5, 0.6) is 0 Å². The van der Waals surface area contributed by atoms with E-state index in [0.717, 1.165) is 6.54 Å². The maximum atomic E-state index is 4.16. The summed E-state index contributed by atoms with van der Waals surface area (Å²) in [6.45, 7) is 5.14. The maximum Gasteiger partial charge on any atom is 0.0534 e. The Kier molecular flexibility index (Phi) is 3.59. The van der Waals surface area contributed by atoms with E-state index in [1.165, 1.54) is 16.7 Å². The lowest BCUT2D eigenvalue weighted by Crippen LogP contribution is -2.17. The van der Waals surface area contributed by atoms with Crippen LogP contribution in [0.25, 0.3) is 0 Å². The van der Waals surface area contributed by atoms with E-state index in [9.17, 15) is 0 Å². The molecule has 0 bridgehead atoms. The highest BCUT2D eigenvalue weighted by atomic mass is 15.2. The molecule has 0 saturated heterocycles. The molecule has 0 radical (unpaired) electrons. The average Bonchev–Trinajstić information content (AvgIpc) is 2.73. The number of nitrogens with zero attached hydrogens (tertiary/aromatic N) is 2. The number of aryl methyl sites for hydroxylation is 2. The molecular weight excluding hydrogens is 210 g/mol. The van der Waals surface area contributed by atoms with Crippen LogP contribution >= 0.6 is 0 Å². The van der Waals surface area contributed by atoms with Gasteiger partial charge in [0.2, 0.25) is 0 Å². The van der Waals surface area contributed by atoms with Crippen molar-refractivity contribution in [3.05, 3.63) is 53.3 Å². The highest BCUT2D eigenvalue weighted by Gasteiger charge is 2.04. The van der Waals surface area contributed by atoms with E-state index < -0.39 is 0 Å². The first kappa shape index (κ1) is 11.9. The van der Waals surface area contributed by atoms with Crippen molar-refractivity contribution < 1.29 is 0 Å². The normalized spacial score (nSPS) is 12.6. The zero-order valence-electron chi connectivity index (χ0n) is 10.6. The van der Waals surface area contributed by atoms with E-state index in [1.54, 1.807) is 0 Å². The van der Waals surface area contributed by atoms with Crippen LogP contribution < -0.4 is 5.32 Å². The Balaban J connectivity index is 1.93. The Bertz CT molecular complexity index is 470. The van der Waals surface area contributed by atoms with Crippen LogP contribution in [-0.2, 0) is 13.6 Å². The smallest absolute Gasteiger partial charge is 0.0534 e. The van der Waals surface area contributed by atoms with Crippen LogP contribution in [0.4, 0.5) is 0 Å². The number of aromatic nitrogens is 2. The van der Waals surface area contributed by atoms with Crippen molar-refractivity contribution in [1.82, 2.24) is 15.1 Å². The van der Waals surface area contributed by atoms with Crippen molar-refractivity contribution >= 4 is 0 Å². The predicted octanol–water partition coefficient (Wildman–Crippen LogP) is 2.58. The summed E-state index contributed by atoms with van der Waals surface area (Å²) in [4.78, 5) is 0. The zero-order chi connectivity index (χ0) is 12.3. The standard InChI is InChI=1S/C14H19N3/c1-11-4-6-14(7-5-11)12(2)15-8-13-9-16-17(3)10-13/h4-7,9-10,12,15H,8H2,1-3H3/t12-/m0/s1. The van der Waals surface area contributed by atoms with Crippen molar-refractivity contribution in [2.45, 2.75) is 26.4 Å². The Morgan fingerprint density at radius 1 is 1.29 bits per heavy atom. The Labute approximate surface area is 102 Å². The lowest BCUT2D eigenvalue weighted by molar-refractivity contribution is 0.574. The minimum atomic E-state index is 0.357. The van der Waals surface area contributed by atoms with Crippen molar-refractivity contribution in [3.63, 3.8) is 0 Å². The van der Waals surface area contributed by atoms with Gasteiger partial charge in [-0.2, -0.15) is 5.10 Å². The Morgan fingerprint density at radius 2 is 2.00 bits per heavy atom. The third kappa shape index (κ3) is 3.17. The topological polar surface area (TPSA) is 29.9 Å². The molecule has 2 rings (SSSR count). The van der Waals surface area contributed by atoms with Gasteiger partial charge < -0.3 is 5.32 Å². The summed E-state index contributed by atoms with van der Waals surface area (Å²) in [7, 11) is 1.94. The number of hydrogen-bond donors (Lipinski definition) is 1. The van der Waals surface area contributed by atoms with Crippen molar-refractivity contribution in [2.24, 2.45) is 7.05 Å². The number of rotatable bonds is 4. The van der Waals surface area contributed by atoms with Gasteiger partial charge in [0.05, 0.1) is 6.20 Å². The highest BCUT2D eigenvalue weighted by molar-refractivity contribution is 5.23. The Morgan fingerprint density at radius 3 is 2.59 bits per heavy atom. The van der Waals surface area contributed by atoms with E-state index in [-0.39, 0.29) is 0 Å². The van der Waals surface area contributed by atoms with Crippen molar-refractivity contribution in [2.75, 3.05) is 0 Å². The van der Waals surface area contributed by atoms with Gasteiger partial charge in [-0.25, -0.2) is 0 Å². The summed E-state index contributed by atoms with van der Waals surface area (Å²) in [6, 6.07) is 9.01. The van der Waals surface area contributed by atoms with Gasteiger partial charge in [-0.15, -0.1) is 0 Å². The lowest BCUT2D eigenvalue weighted by Gasteiger charge is -2.13.